The molecule has 0 radical (unpaired) electrons. The smallest absolute Gasteiger partial charge is 0.390 e. The summed E-state index contributed by atoms with van der Waals surface area (Å²) in [6.45, 7) is 0. The van der Waals surface area contributed by atoms with E-state index in [1.165, 1.54) is 14.2 Å². The van der Waals surface area contributed by atoms with Gasteiger partial charge in [0.15, 0.2) is 0 Å². The molecule has 1 rings (SSSR count). The van der Waals surface area contributed by atoms with Gasteiger partial charge < -0.3 is 10.1 Å². The summed E-state index contributed by atoms with van der Waals surface area (Å²) in [5, 5.41) is 2.66. The Kier molecular flexibility index (Phi) is 4.82. The molecule has 0 bridgehead atoms. The van der Waals surface area contributed by atoms with Crippen molar-refractivity contribution >= 4 is 15.9 Å². The first-order chi connectivity index (χ1) is 7.87. The Balaban J connectivity index is 2.93. The van der Waals surface area contributed by atoms with Crippen LogP contribution in [0.1, 0.15) is 18.0 Å². The number of benzene rings is 1. The zero-order valence-electron chi connectivity index (χ0n) is 9.44. The van der Waals surface area contributed by atoms with Gasteiger partial charge in [-0.25, -0.2) is 0 Å². The van der Waals surface area contributed by atoms with Crippen molar-refractivity contribution in [2.24, 2.45) is 0 Å². The minimum Gasteiger partial charge on any atom is -0.496 e. The third-order valence-electron chi connectivity index (χ3n) is 2.36. The number of halogens is 4. The molecule has 1 unspecified atom stereocenters. The van der Waals surface area contributed by atoms with E-state index in [0.29, 0.717) is 15.8 Å². The van der Waals surface area contributed by atoms with E-state index in [4.69, 9.17) is 4.74 Å². The molecule has 0 aliphatic heterocycles. The van der Waals surface area contributed by atoms with Crippen LogP contribution in [-0.4, -0.2) is 20.3 Å². The summed E-state index contributed by atoms with van der Waals surface area (Å²) in [4.78, 5) is 0. The van der Waals surface area contributed by atoms with Gasteiger partial charge in [0.2, 0.25) is 0 Å². The van der Waals surface area contributed by atoms with Crippen molar-refractivity contribution in [2.45, 2.75) is 18.6 Å². The Morgan fingerprint density at radius 2 is 2.06 bits per heavy atom. The minimum absolute atomic E-state index is 0.567. The molecule has 0 fully saturated rings. The van der Waals surface area contributed by atoms with Crippen molar-refractivity contribution in [3.05, 3.63) is 28.2 Å². The lowest BCUT2D eigenvalue weighted by atomic mass is 10.0. The zero-order chi connectivity index (χ0) is 13.1. The van der Waals surface area contributed by atoms with Crippen LogP contribution in [0.4, 0.5) is 13.2 Å². The summed E-state index contributed by atoms with van der Waals surface area (Å²) in [5.74, 6) is 0.593. The van der Waals surface area contributed by atoms with Crippen LogP contribution >= 0.6 is 15.9 Å². The van der Waals surface area contributed by atoms with Gasteiger partial charge in [-0.3, -0.25) is 0 Å². The molecule has 1 atom stereocenters. The Morgan fingerprint density at radius 3 is 2.47 bits per heavy atom. The number of rotatable bonds is 4. The largest absolute Gasteiger partial charge is 0.496 e. The third-order valence-corrected chi connectivity index (χ3v) is 2.98. The second-order valence-electron chi connectivity index (χ2n) is 3.55. The number of ether oxygens (including phenoxy) is 1. The monoisotopic (exact) mass is 311 g/mol. The van der Waals surface area contributed by atoms with E-state index in [9.17, 15) is 13.2 Å². The molecule has 0 heterocycles. The van der Waals surface area contributed by atoms with Gasteiger partial charge in [0.05, 0.1) is 18.0 Å². The number of alkyl halides is 3. The Hall–Kier alpha value is -0.750. The molecular weight excluding hydrogens is 299 g/mol. The fraction of sp³-hybridized carbons (Fsp3) is 0.455. The predicted molar refractivity (Wildman–Crippen MR) is 63.2 cm³/mol. The number of hydrogen-bond acceptors (Lipinski definition) is 2. The molecule has 6 heteroatoms. The normalized spacial score (nSPS) is 13.5. The molecule has 17 heavy (non-hydrogen) atoms. The highest BCUT2D eigenvalue weighted by molar-refractivity contribution is 9.10. The molecule has 0 spiro atoms. The fourth-order valence-electron chi connectivity index (χ4n) is 1.52. The SMILES string of the molecule is CNC(CC(F)(F)F)c1ccc(OC)c(Br)c1. The van der Waals surface area contributed by atoms with E-state index in [1.807, 2.05) is 0 Å². The van der Waals surface area contributed by atoms with Crippen molar-refractivity contribution in [1.82, 2.24) is 5.32 Å². The van der Waals surface area contributed by atoms with Gasteiger partial charge in [-0.1, -0.05) is 6.07 Å². The second kappa shape index (κ2) is 5.73. The molecule has 0 amide bonds. The first-order valence-corrected chi connectivity index (χ1v) is 5.74. The Labute approximate surface area is 106 Å². The van der Waals surface area contributed by atoms with E-state index in [-0.39, 0.29) is 0 Å². The van der Waals surface area contributed by atoms with Crippen LogP contribution in [0.3, 0.4) is 0 Å². The maximum atomic E-state index is 12.3. The molecule has 96 valence electrons. The molecule has 0 saturated heterocycles. The van der Waals surface area contributed by atoms with Gasteiger partial charge in [-0.2, -0.15) is 13.2 Å². The first-order valence-electron chi connectivity index (χ1n) is 4.95. The van der Waals surface area contributed by atoms with Crippen molar-refractivity contribution < 1.29 is 17.9 Å². The maximum absolute atomic E-state index is 12.3. The average molecular weight is 312 g/mol. The van der Waals surface area contributed by atoms with Gasteiger partial charge in [0, 0.05) is 6.04 Å². The van der Waals surface area contributed by atoms with E-state index in [1.54, 1.807) is 18.2 Å². The van der Waals surface area contributed by atoms with Gasteiger partial charge in [-0.05, 0) is 40.7 Å². The number of hydrogen-bond donors (Lipinski definition) is 1. The average Bonchev–Trinajstić information content (AvgIpc) is 2.24. The van der Waals surface area contributed by atoms with Crippen LogP contribution in [0.15, 0.2) is 22.7 Å². The van der Waals surface area contributed by atoms with Crippen LogP contribution in [0.5, 0.6) is 5.75 Å². The fourth-order valence-corrected chi connectivity index (χ4v) is 2.08. The first kappa shape index (κ1) is 14.3. The van der Waals surface area contributed by atoms with Gasteiger partial charge >= 0.3 is 6.18 Å². The maximum Gasteiger partial charge on any atom is 0.390 e. The van der Waals surface area contributed by atoms with E-state index >= 15 is 0 Å². The molecular formula is C11H13BrF3NO. The highest BCUT2D eigenvalue weighted by Crippen LogP contribution is 2.33. The molecule has 1 aromatic carbocycles. The van der Waals surface area contributed by atoms with Crippen LogP contribution in [-0.2, 0) is 0 Å². The lowest BCUT2D eigenvalue weighted by molar-refractivity contribution is -0.140. The van der Waals surface area contributed by atoms with E-state index in [2.05, 4.69) is 21.2 Å². The van der Waals surface area contributed by atoms with Crippen LogP contribution in [0.25, 0.3) is 0 Å². The van der Waals surface area contributed by atoms with Gasteiger partial charge in [0.1, 0.15) is 5.75 Å². The molecule has 0 aromatic heterocycles. The standard InChI is InChI=1S/C11H13BrF3NO/c1-16-9(6-11(13,14)15)7-3-4-10(17-2)8(12)5-7/h3-5,9,16H,6H2,1-2H3. The topological polar surface area (TPSA) is 21.3 Å². The second-order valence-corrected chi connectivity index (χ2v) is 4.41. The summed E-state index contributed by atoms with van der Waals surface area (Å²) in [6, 6.07) is 4.14. The summed E-state index contributed by atoms with van der Waals surface area (Å²) in [7, 11) is 3.01. The highest BCUT2D eigenvalue weighted by atomic mass is 79.9. The number of methoxy groups -OCH3 is 1. The summed E-state index contributed by atoms with van der Waals surface area (Å²) in [6.07, 6.45) is -5.09. The molecule has 0 aliphatic rings. The quantitative estimate of drug-likeness (QED) is 0.916. The molecule has 0 saturated carbocycles. The molecule has 1 N–H and O–H groups in total. The highest BCUT2D eigenvalue weighted by Gasteiger charge is 2.32. The Bertz CT molecular complexity index is 381. The van der Waals surface area contributed by atoms with Gasteiger partial charge in [-0.15, -0.1) is 0 Å². The molecule has 0 aliphatic carbocycles. The Morgan fingerprint density at radius 1 is 1.41 bits per heavy atom. The van der Waals surface area contributed by atoms with Gasteiger partial charge in [0.25, 0.3) is 0 Å². The van der Waals surface area contributed by atoms with Crippen LogP contribution in [0.2, 0.25) is 0 Å². The molecule has 1 aromatic rings. The minimum atomic E-state index is -4.19. The third kappa shape index (κ3) is 4.20. The molecule has 2 nitrogen and oxygen atoms in total. The summed E-state index contributed by atoms with van der Waals surface area (Å²) in [5.41, 5.74) is 0.567. The zero-order valence-corrected chi connectivity index (χ0v) is 11.0. The van der Waals surface area contributed by atoms with Crippen LogP contribution in [0, 0.1) is 0 Å². The van der Waals surface area contributed by atoms with Crippen LogP contribution < -0.4 is 10.1 Å². The van der Waals surface area contributed by atoms with Crippen molar-refractivity contribution in [3.8, 4) is 5.75 Å². The lowest BCUT2D eigenvalue weighted by Gasteiger charge is -2.19. The summed E-state index contributed by atoms with van der Waals surface area (Å²) >= 11 is 3.25. The van der Waals surface area contributed by atoms with Crippen molar-refractivity contribution in [3.63, 3.8) is 0 Å². The van der Waals surface area contributed by atoms with Crippen molar-refractivity contribution in [2.75, 3.05) is 14.2 Å². The summed E-state index contributed by atoms with van der Waals surface area (Å²) < 4.78 is 42.7. The van der Waals surface area contributed by atoms with E-state index < -0.39 is 18.6 Å². The number of nitrogens with one attached hydrogen (secondary N) is 1. The lowest BCUT2D eigenvalue weighted by Crippen LogP contribution is -2.23. The van der Waals surface area contributed by atoms with E-state index in [0.717, 1.165) is 0 Å². The predicted octanol–water partition coefficient (Wildman–Crippen LogP) is 3.67. The van der Waals surface area contributed by atoms with Crippen molar-refractivity contribution in [1.29, 1.82) is 0 Å².